The van der Waals surface area contributed by atoms with E-state index in [1.165, 1.54) is 6.07 Å². The first-order chi connectivity index (χ1) is 16.1. The molecule has 0 fully saturated rings. The Bertz CT molecular complexity index is 1250. The van der Waals surface area contributed by atoms with Crippen molar-refractivity contribution in [3.05, 3.63) is 99.3 Å². The molecule has 0 spiro atoms. The van der Waals surface area contributed by atoms with Crippen molar-refractivity contribution in [3.63, 3.8) is 0 Å². The third kappa shape index (κ3) is 4.89. The molecular formula is C24H18Cl2F3N3O2. The van der Waals surface area contributed by atoms with E-state index in [9.17, 15) is 18.0 Å². The van der Waals surface area contributed by atoms with Crippen LogP contribution in [0.3, 0.4) is 0 Å². The van der Waals surface area contributed by atoms with Gasteiger partial charge in [-0.15, -0.1) is 0 Å². The molecule has 4 rings (SSSR count). The number of hydroxylamine groups is 1. The molecule has 1 aliphatic heterocycles. The van der Waals surface area contributed by atoms with Gasteiger partial charge in [0.15, 0.2) is 0 Å². The number of carbonyl (C=O) groups is 1. The van der Waals surface area contributed by atoms with Crippen LogP contribution < -0.4 is 10.8 Å². The number of rotatable bonds is 5. The zero-order valence-corrected chi connectivity index (χ0v) is 19.2. The second-order valence-corrected chi connectivity index (χ2v) is 8.60. The van der Waals surface area contributed by atoms with Gasteiger partial charge in [0.25, 0.3) is 0 Å². The molecule has 2 aromatic carbocycles. The summed E-state index contributed by atoms with van der Waals surface area (Å²) in [6, 6.07) is 13.8. The van der Waals surface area contributed by atoms with Gasteiger partial charge in [-0.25, -0.2) is 0 Å². The number of hydrogen-bond donors (Lipinski definition) is 2. The van der Waals surface area contributed by atoms with Gasteiger partial charge in [-0.2, -0.15) is 13.2 Å². The molecule has 2 N–H and O–H groups in total. The molecule has 176 valence electrons. The van der Waals surface area contributed by atoms with E-state index in [0.717, 1.165) is 23.8 Å². The van der Waals surface area contributed by atoms with Crippen molar-refractivity contribution in [2.24, 2.45) is 0 Å². The summed E-state index contributed by atoms with van der Waals surface area (Å²) in [6.07, 6.45) is -2.24. The van der Waals surface area contributed by atoms with Gasteiger partial charge in [0.2, 0.25) is 11.5 Å². The standard InChI is InChI=1S/C24H18Cl2F3N3O2/c1-14-5-6-15(8-20(14)31-22(33)12-19-4-2-3-7-30-19)21-13-23(34-32-21,24(27,28)29)16-9-17(25)11-18(26)10-16/h2-11,13,32H,12H2,1H3,(H,31,33). The number of anilines is 1. The molecule has 10 heteroatoms. The number of amides is 1. The molecule has 3 aromatic rings. The highest BCUT2D eigenvalue weighted by molar-refractivity contribution is 6.34. The zero-order valence-electron chi connectivity index (χ0n) is 17.7. The minimum absolute atomic E-state index is 0.0461. The fraction of sp³-hybridized carbons (Fsp3) is 0.167. The molecular weight excluding hydrogens is 490 g/mol. The third-order valence-electron chi connectivity index (χ3n) is 5.27. The van der Waals surface area contributed by atoms with Crippen LogP contribution in [0.5, 0.6) is 0 Å². The molecule has 2 heterocycles. The molecule has 0 bridgehead atoms. The SMILES string of the molecule is Cc1ccc(C2=CC(c3cc(Cl)cc(Cl)c3)(C(F)(F)F)ON2)cc1NC(=O)Cc1ccccn1. The lowest BCUT2D eigenvalue weighted by atomic mass is 9.91. The van der Waals surface area contributed by atoms with Crippen LogP contribution in [-0.4, -0.2) is 17.1 Å². The van der Waals surface area contributed by atoms with E-state index in [2.05, 4.69) is 15.8 Å². The van der Waals surface area contributed by atoms with Crippen molar-refractivity contribution in [1.82, 2.24) is 10.5 Å². The van der Waals surface area contributed by atoms with Crippen LogP contribution in [0.2, 0.25) is 10.0 Å². The summed E-state index contributed by atoms with van der Waals surface area (Å²) in [5, 5.41) is 2.88. The monoisotopic (exact) mass is 507 g/mol. The summed E-state index contributed by atoms with van der Waals surface area (Å²) >= 11 is 11.9. The Kier molecular flexibility index (Phi) is 6.58. The maximum atomic E-state index is 14.2. The number of alkyl halides is 3. The quantitative estimate of drug-likeness (QED) is 0.430. The van der Waals surface area contributed by atoms with Crippen LogP contribution in [0.4, 0.5) is 18.9 Å². The number of nitrogens with zero attached hydrogens (tertiary/aromatic N) is 1. The summed E-state index contributed by atoms with van der Waals surface area (Å²) in [5.41, 5.74) is 1.56. The average Bonchev–Trinajstić information content (AvgIpc) is 3.22. The van der Waals surface area contributed by atoms with Gasteiger partial charge in [-0.05, 0) is 55.0 Å². The highest BCUT2D eigenvalue weighted by Crippen LogP contribution is 2.48. The predicted octanol–water partition coefficient (Wildman–Crippen LogP) is 6.21. The van der Waals surface area contributed by atoms with E-state index in [1.807, 2.05) is 0 Å². The van der Waals surface area contributed by atoms with Crippen molar-refractivity contribution >= 4 is 40.5 Å². The van der Waals surface area contributed by atoms with E-state index in [1.54, 1.807) is 49.5 Å². The second kappa shape index (κ2) is 9.29. The highest BCUT2D eigenvalue weighted by atomic mass is 35.5. The molecule has 0 saturated carbocycles. The number of hydrogen-bond acceptors (Lipinski definition) is 4. The normalized spacial score (nSPS) is 17.8. The maximum Gasteiger partial charge on any atom is 0.428 e. The second-order valence-electron chi connectivity index (χ2n) is 7.73. The van der Waals surface area contributed by atoms with E-state index in [-0.39, 0.29) is 33.6 Å². The van der Waals surface area contributed by atoms with Crippen LogP contribution in [0, 0.1) is 6.92 Å². The van der Waals surface area contributed by atoms with Crippen molar-refractivity contribution in [1.29, 1.82) is 0 Å². The Labute approximate surface area is 203 Å². The summed E-state index contributed by atoms with van der Waals surface area (Å²) in [5.74, 6) is -0.304. The Morgan fingerprint density at radius 1 is 1.12 bits per heavy atom. The summed E-state index contributed by atoms with van der Waals surface area (Å²) < 4.78 is 42.7. The first kappa shape index (κ1) is 24.1. The first-order valence-corrected chi connectivity index (χ1v) is 10.8. The summed E-state index contributed by atoms with van der Waals surface area (Å²) in [7, 11) is 0. The molecule has 34 heavy (non-hydrogen) atoms. The smallest absolute Gasteiger partial charge is 0.325 e. The lowest BCUT2D eigenvalue weighted by Crippen LogP contribution is -2.42. The zero-order chi connectivity index (χ0) is 24.5. The summed E-state index contributed by atoms with van der Waals surface area (Å²) in [6.45, 7) is 1.78. The van der Waals surface area contributed by atoms with E-state index >= 15 is 0 Å². The van der Waals surface area contributed by atoms with Gasteiger partial charge >= 0.3 is 6.18 Å². The van der Waals surface area contributed by atoms with Gasteiger partial charge < -0.3 is 5.32 Å². The van der Waals surface area contributed by atoms with Crippen molar-refractivity contribution in [2.45, 2.75) is 25.1 Å². The molecule has 1 amide bonds. The predicted molar refractivity (Wildman–Crippen MR) is 124 cm³/mol. The lowest BCUT2D eigenvalue weighted by molar-refractivity contribution is -0.269. The Balaban J connectivity index is 1.66. The van der Waals surface area contributed by atoms with Gasteiger partial charge in [-0.1, -0.05) is 41.4 Å². The van der Waals surface area contributed by atoms with Gasteiger partial charge in [0.1, 0.15) is 0 Å². The van der Waals surface area contributed by atoms with Gasteiger partial charge in [0.05, 0.1) is 12.1 Å². The first-order valence-electron chi connectivity index (χ1n) is 10.1. The van der Waals surface area contributed by atoms with Gasteiger partial charge in [0, 0.05) is 38.8 Å². The van der Waals surface area contributed by atoms with Gasteiger partial charge in [-0.3, -0.25) is 20.1 Å². The van der Waals surface area contributed by atoms with Crippen molar-refractivity contribution in [2.75, 3.05) is 5.32 Å². The molecule has 0 radical (unpaired) electrons. The molecule has 1 unspecified atom stereocenters. The average molecular weight is 508 g/mol. The van der Waals surface area contributed by atoms with E-state index < -0.39 is 11.8 Å². The molecule has 1 atom stereocenters. The third-order valence-corrected chi connectivity index (χ3v) is 5.71. The fourth-order valence-corrected chi connectivity index (χ4v) is 4.07. The largest absolute Gasteiger partial charge is 0.428 e. The van der Waals surface area contributed by atoms with Crippen molar-refractivity contribution in [3.8, 4) is 0 Å². The van der Waals surface area contributed by atoms with E-state index in [4.69, 9.17) is 28.0 Å². The molecule has 1 aromatic heterocycles. The molecule has 0 saturated heterocycles. The van der Waals surface area contributed by atoms with Crippen LogP contribution in [0.25, 0.3) is 5.70 Å². The number of aryl methyl sites for hydroxylation is 1. The maximum absolute atomic E-state index is 14.2. The summed E-state index contributed by atoms with van der Waals surface area (Å²) in [4.78, 5) is 21.7. The number of pyridine rings is 1. The van der Waals surface area contributed by atoms with Crippen molar-refractivity contribution < 1.29 is 22.8 Å². The minimum atomic E-state index is -4.82. The number of aromatic nitrogens is 1. The number of nitrogens with one attached hydrogen (secondary N) is 2. The lowest BCUT2D eigenvalue weighted by Gasteiger charge is -2.28. The fourth-order valence-electron chi connectivity index (χ4n) is 3.54. The highest BCUT2D eigenvalue weighted by Gasteiger charge is 2.59. The van der Waals surface area contributed by atoms with E-state index in [0.29, 0.717) is 16.9 Å². The minimum Gasteiger partial charge on any atom is -0.325 e. The molecule has 5 nitrogen and oxygen atoms in total. The van der Waals surface area contributed by atoms with Crippen LogP contribution in [0.1, 0.15) is 22.4 Å². The van der Waals surface area contributed by atoms with Crippen LogP contribution in [-0.2, 0) is 21.7 Å². The number of carbonyl (C=O) groups excluding carboxylic acids is 1. The Morgan fingerprint density at radius 2 is 1.85 bits per heavy atom. The Hall–Kier alpha value is -3.07. The topological polar surface area (TPSA) is 63.2 Å². The number of benzene rings is 2. The van der Waals surface area contributed by atoms with Crippen LogP contribution in [0.15, 0.2) is 66.9 Å². The van der Waals surface area contributed by atoms with Crippen LogP contribution >= 0.6 is 23.2 Å². The molecule has 0 aliphatic carbocycles. The number of halogens is 5. The Morgan fingerprint density at radius 3 is 2.50 bits per heavy atom. The molecule has 1 aliphatic rings.